The van der Waals surface area contributed by atoms with Gasteiger partial charge in [-0.2, -0.15) is 0 Å². The Morgan fingerprint density at radius 3 is 2.53 bits per heavy atom. The van der Waals surface area contributed by atoms with Crippen LogP contribution in [0.3, 0.4) is 0 Å². The summed E-state index contributed by atoms with van der Waals surface area (Å²) >= 11 is 12.4. The number of halogens is 2. The van der Waals surface area contributed by atoms with Gasteiger partial charge in [0.25, 0.3) is 5.91 Å². The molecule has 0 unspecified atom stereocenters. The monoisotopic (exact) mass is 528 g/mol. The molecule has 1 saturated heterocycles. The van der Waals surface area contributed by atoms with Crippen molar-refractivity contribution in [2.45, 2.75) is 18.9 Å². The van der Waals surface area contributed by atoms with Crippen LogP contribution in [0.4, 0.5) is 16.2 Å². The van der Waals surface area contributed by atoms with Crippen LogP contribution in [0.1, 0.15) is 23.2 Å². The third kappa shape index (κ3) is 4.53. The van der Waals surface area contributed by atoms with Crippen molar-refractivity contribution in [3.63, 3.8) is 0 Å². The Morgan fingerprint density at radius 2 is 1.83 bits per heavy atom. The first-order valence-corrected chi connectivity index (χ1v) is 12.0. The number of likely N-dealkylation sites (tertiary alicyclic amines) is 1. The van der Waals surface area contributed by atoms with Gasteiger partial charge in [-0.15, -0.1) is 0 Å². The van der Waals surface area contributed by atoms with E-state index in [0.29, 0.717) is 64.9 Å². The van der Waals surface area contributed by atoms with Gasteiger partial charge in [0.05, 0.1) is 34.5 Å². The van der Waals surface area contributed by atoms with Crippen LogP contribution in [0.15, 0.2) is 47.1 Å². The number of methoxy groups -OCH3 is 1. The van der Waals surface area contributed by atoms with Crippen LogP contribution in [-0.2, 0) is 0 Å². The maximum atomic E-state index is 13.3. The summed E-state index contributed by atoms with van der Waals surface area (Å²) in [6.07, 6.45) is 3.49. The van der Waals surface area contributed by atoms with Gasteiger partial charge in [-0.3, -0.25) is 9.78 Å². The van der Waals surface area contributed by atoms with Crippen molar-refractivity contribution in [2.75, 3.05) is 30.8 Å². The molecular weight excluding hydrogens is 507 g/mol. The van der Waals surface area contributed by atoms with E-state index in [9.17, 15) is 14.7 Å². The van der Waals surface area contributed by atoms with E-state index in [2.05, 4.69) is 15.6 Å². The molecule has 2 aromatic heterocycles. The zero-order chi connectivity index (χ0) is 25.4. The number of nitrogens with one attached hydrogen (secondary N) is 2. The molecule has 9 nitrogen and oxygen atoms in total. The lowest BCUT2D eigenvalue weighted by atomic mass is 10.0. The predicted molar refractivity (Wildman–Crippen MR) is 138 cm³/mol. The Labute approximate surface area is 215 Å². The number of urea groups is 1. The van der Waals surface area contributed by atoms with Crippen LogP contribution in [-0.4, -0.2) is 53.2 Å². The Bertz CT molecular complexity index is 1460. The quantitative estimate of drug-likeness (QED) is 0.320. The molecule has 1 aliphatic rings. The number of amides is 3. The molecule has 2 aromatic carbocycles. The van der Waals surface area contributed by atoms with Crippen molar-refractivity contribution in [1.82, 2.24) is 9.88 Å². The average Bonchev–Trinajstić information content (AvgIpc) is 3.25. The second-order valence-electron chi connectivity index (χ2n) is 8.41. The number of aliphatic hydroxyl groups is 1. The van der Waals surface area contributed by atoms with E-state index < -0.39 is 5.91 Å². The summed E-state index contributed by atoms with van der Waals surface area (Å²) in [5.74, 6) is -0.00291. The fourth-order valence-electron chi connectivity index (χ4n) is 4.27. The van der Waals surface area contributed by atoms with Crippen molar-refractivity contribution < 1.29 is 23.8 Å². The highest BCUT2D eigenvalue weighted by atomic mass is 35.5. The first-order chi connectivity index (χ1) is 17.4. The normalized spacial score (nSPS) is 14.3. The van der Waals surface area contributed by atoms with E-state index in [1.165, 1.54) is 19.5 Å². The average molecular weight is 529 g/mol. The number of nitrogens with zero attached hydrogens (tertiary/aromatic N) is 2. The third-order valence-electron chi connectivity index (χ3n) is 6.14. The summed E-state index contributed by atoms with van der Waals surface area (Å²) in [7, 11) is 1.51. The highest BCUT2D eigenvalue weighted by molar-refractivity contribution is 6.40. The molecule has 0 atom stereocenters. The Morgan fingerprint density at radius 1 is 1.11 bits per heavy atom. The van der Waals surface area contributed by atoms with Crippen LogP contribution in [0, 0.1) is 0 Å². The van der Waals surface area contributed by atoms with Crippen LogP contribution in [0.5, 0.6) is 5.75 Å². The maximum Gasteiger partial charge on any atom is 0.321 e. The Kier molecular flexibility index (Phi) is 6.61. The highest BCUT2D eigenvalue weighted by Crippen LogP contribution is 2.39. The van der Waals surface area contributed by atoms with E-state index in [1.54, 1.807) is 35.2 Å². The van der Waals surface area contributed by atoms with E-state index in [0.717, 1.165) is 0 Å². The predicted octanol–water partition coefficient (Wildman–Crippen LogP) is 5.54. The first kappa shape index (κ1) is 24.2. The van der Waals surface area contributed by atoms with E-state index in [-0.39, 0.29) is 27.9 Å². The van der Waals surface area contributed by atoms with Gasteiger partial charge in [-0.1, -0.05) is 23.2 Å². The molecule has 3 N–H and O–H groups in total. The zero-order valence-electron chi connectivity index (χ0n) is 19.2. The van der Waals surface area contributed by atoms with Gasteiger partial charge in [0.2, 0.25) is 0 Å². The molecule has 4 aromatic rings. The van der Waals surface area contributed by atoms with Crippen molar-refractivity contribution in [2.24, 2.45) is 0 Å². The molecule has 36 heavy (non-hydrogen) atoms. The van der Waals surface area contributed by atoms with Gasteiger partial charge >= 0.3 is 6.03 Å². The van der Waals surface area contributed by atoms with Gasteiger partial charge in [0.1, 0.15) is 5.58 Å². The summed E-state index contributed by atoms with van der Waals surface area (Å²) in [4.78, 5) is 31.7. The number of carbonyl (C=O) groups is 2. The van der Waals surface area contributed by atoms with Crippen LogP contribution >= 0.6 is 23.2 Å². The number of anilines is 2. The zero-order valence-corrected chi connectivity index (χ0v) is 20.7. The van der Waals surface area contributed by atoms with E-state index >= 15 is 0 Å². The second kappa shape index (κ2) is 9.85. The van der Waals surface area contributed by atoms with Crippen molar-refractivity contribution in [1.29, 1.82) is 0 Å². The molecule has 1 aliphatic heterocycles. The summed E-state index contributed by atoms with van der Waals surface area (Å²) in [5.41, 5.74) is 2.00. The number of piperidine rings is 1. The van der Waals surface area contributed by atoms with Gasteiger partial charge in [0, 0.05) is 41.9 Å². The molecule has 11 heteroatoms. The number of aromatic nitrogens is 1. The van der Waals surface area contributed by atoms with Crippen LogP contribution in [0.2, 0.25) is 10.0 Å². The SMILES string of the molecule is COc1ccc(C(=O)Nc2c(Cl)cncc2Cl)c2c1oc1ccc(NC(=O)N3CCC(O)CC3)cc12. The van der Waals surface area contributed by atoms with Gasteiger partial charge in [-0.25, -0.2) is 4.79 Å². The minimum atomic E-state index is -0.457. The van der Waals surface area contributed by atoms with Crippen LogP contribution in [0.25, 0.3) is 21.9 Å². The number of pyridine rings is 1. The number of hydrogen-bond donors (Lipinski definition) is 3. The van der Waals surface area contributed by atoms with E-state index in [1.807, 2.05) is 0 Å². The van der Waals surface area contributed by atoms with Gasteiger partial charge in [-0.05, 0) is 43.2 Å². The highest BCUT2D eigenvalue weighted by Gasteiger charge is 2.23. The Hall–Kier alpha value is -3.53. The number of hydrogen-bond acceptors (Lipinski definition) is 6. The van der Waals surface area contributed by atoms with E-state index in [4.69, 9.17) is 32.4 Å². The second-order valence-corrected chi connectivity index (χ2v) is 9.23. The molecule has 3 heterocycles. The summed E-state index contributed by atoms with van der Waals surface area (Å²) in [6, 6.07) is 8.21. The topological polar surface area (TPSA) is 117 Å². The molecule has 0 aliphatic carbocycles. The minimum absolute atomic E-state index is 0.202. The molecule has 5 rings (SSSR count). The fraction of sp³-hybridized carbons (Fsp3) is 0.240. The molecule has 186 valence electrons. The lowest BCUT2D eigenvalue weighted by molar-refractivity contribution is 0.0971. The smallest absolute Gasteiger partial charge is 0.321 e. The third-order valence-corrected chi connectivity index (χ3v) is 6.72. The minimum Gasteiger partial charge on any atom is -0.493 e. The molecule has 0 bridgehead atoms. The maximum absolute atomic E-state index is 13.3. The molecular formula is C25H22Cl2N4O5. The number of carbonyl (C=O) groups excluding carboxylic acids is 2. The largest absolute Gasteiger partial charge is 0.493 e. The van der Waals surface area contributed by atoms with Crippen molar-refractivity contribution in [3.8, 4) is 5.75 Å². The Balaban J connectivity index is 1.53. The fourth-order valence-corrected chi connectivity index (χ4v) is 4.73. The molecule has 0 radical (unpaired) electrons. The molecule has 1 fully saturated rings. The summed E-state index contributed by atoms with van der Waals surface area (Å²) in [6.45, 7) is 0.955. The lowest BCUT2D eigenvalue weighted by Gasteiger charge is -2.29. The number of furan rings is 1. The summed E-state index contributed by atoms with van der Waals surface area (Å²) in [5, 5.41) is 16.9. The number of benzene rings is 2. The van der Waals surface area contributed by atoms with Gasteiger partial charge < -0.3 is 29.8 Å². The molecule has 0 saturated carbocycles. The molecule has 3 amide bonds. The lowest BCUT2D eigenvalue weighted by Crippen LogP contribution is -2.42. The van der Waals surface area contributed by atoms with Crippen molar-refractivity contribution in [3.05, 3.63) is 58.3 Å². The molecule has 0 spiro atoms. The number of rotatable bonds is 4. The summed E-state index contributed by atoms with van der Waals surface area (Å²) < 4.78 is 11.5. The van der Waals surface area contributed by atoms with Crippen molar-refractivity contribution >= 4 is 68.5 Å². The standard InChI is InChI=1S/C25H22Cl2N4O5/c1-35-20-5-3-15(24(33)30-22-17(26)11-28-12-18(22)27)21-16-10-13(2-4-19(16)36-23(20)21)29-25(34)31-8-6-14(32)7-9-31/h2-5,10-12,14,32H,6-9H2,1H3,(H,29,34)(H,28,30,33). The van der Waals surface area contributed by atoms with Crippen LogP contribution < -0.4 is 15.4 Å². The number of ether oxygens (including phenoxy) is 1. The first-order valence-electron chi connectivity index (χ1n) is 11.2. The number of fused-ring (bicyclic) bond motifs is 3. The number of aliphatic hydroxyl groups excluding tert-OH is 1. The van der Waals surface area contributed by atoms with Gasteiger partial charge in [0.15, 0.2) is 11.3 Å².